The van der Waals surface area contributed by atoms with Crippen molar-refractivity contribution in [3.63, 3.8) is 0 Å². The Morgan fingerprint density at radius 1 is 1.00 bits per heavy atom. The van der Waals surface area contributed by atoms with Gasteiger partial charge in [0.25, 0.3) is 11.8 Å². The predicted molar refractivity (Wildman–Crippen MR) is 161 cm³/mol. The number of rotatable bonds is 8. The van der Waals surface area contributed by atoms with Gasteiger partial charge >= 0.3 is 0 Å². The highest BCUT2D eigenvalue weighted by atomic mass is 32.2. The average molecular weight is 617 g/mol. The van der Waals surface area contributed by atoms with E-state index < -0.39 is 21.7 Å². The zero-order valence-corrected chi connectivity index (χ0v) is 24.5. The van der Waals surface area contributed by atoms with Crippen molar-refractivity contribution in [3.05, 3.63) is 107 Å². The molecule has 0 aliphatic carbocycles. The lowest BCUT2D eigenvalue weighted by atomic mass is 10.0. The summed E-state index contributed by atoms with van der Waals surface area (Å²) in [6, 6.07) is 17.8. The first-order chi connectivity index (χ1) is 21.1. The molecule has 5 aromatic rings. The van der Waals surface area contributed by atoms with E-state index in [2.05, 4.69) is 15.0 Å². The highest BCUT2D eigenvalue weighted by molar-refractivity contribution is 7.92. The van der Waals surface area contributed by atoms with Gasteiger partial charge in [-0.1, -0.05) is 18.2 Å². The molecule has 1 aliphatic rings. The number of furan rings is 1. The van der Waals surface area contributed by atoms with Gasteiger partial charge in [-0.2, -0.15) is 0 Å². The van der Waals surface area contributed by atoms with Crippen molar-refractivity contribution in [2.45, 2.75) is 20.0 Å². The Bertz CT molecular complexity index is 2040. The summed E-state index contributed by atoms with van der Waals surface area (Å²) in [4.78, 5) is 32.7. The van der Waals surface area contributed by atoms with Crippen LogP contribution in [0.25, 0.3) is 33.6 Å². The molecule has 0 saturated carbocycles. The number of halogens is 2. The molecule has 3 aromatic carbocycles. The molecule has 6 rings (SSSR count). The van der Waals surface area contributed by atoms with Gasteiger partial charge in [-0.3, -0.25) is 14.3 Å². The van der Waals surface area contributed by atoms with Gasteiger partial charge in [0.15, 0.2) is 0 Å². The van der Waals surface area contributed by atoms with Crippen molar-refractivity contribution in [1.82, 2.24) is 15.2 Å². The highest BCUT2D eigenvalue weighted by Crippen LogP contribution is 2.40. The molecule has 2 amide bonds. The van der Waals surface area contributed by atoms with Gasteiger partial charge in [-0.25, -0.2) is 22.2 Å². The quantitative estimate of drug-likeness (QED) is 0.230. The van der Waals surface area contributed by atoms with Crippen LogP contribution in [0.3, 0.4) is 0 Å². The molecule has 0 unspecified atom stereocenters. The van der Waals surface area contributed by atoms with Crippen LogP contribution in [-0.2, 0) is 23.1 Å². The van der Waals surface area contributed by atoms with E-state index in [1.165, 1.54) is 56.4 Å². The fourth-order valence-corrected chi connectivity index (χ4v) is 5.80. The summed E-state index contributed by atoms with van der Waals surface area (Å²) in [6.45, 7) is 2.05. The Morgan fingerprint density at radius 3 is 2.34 bits per heavy atom. The smallest absolute Gasteiger partial charge is 0.273 e. The standard InChI is InChI=1S/C32H26F2N4O5S/c1-3-44(41,42)37-26-15-27-24(28(31(39)35-2)30(43-27)19-6-11-22(34)12-7-19)14-23(26)25-13-8-20-17-38(32(40)29(20)36-25)16-18-4-9-21(33)10-5-18/h4-15,37H,3,16-17H2,1-2H3,(H,35,39). The Morgan fingerprint density at radius 2 is 1.68 bits per heavy atom. The average Bonchev–Trinajstić information content (AvgIpc) is 3.54. The summed E-state index contributed by atoms with van der Waals surface area (Å²) in [5.74, 6) is -1.65. The number of hydrogen-bond acceptors (Lipinski definition) is 6. The summed E-state index contributed by atoms with van der Waals surface area (Å²) >= 11 is 0. The number of sulfonamides is 1. The van der Waals surface area contributed by atoms with Crippen molar-refractivity contribution in [2.75, 3.05) is 17.5 Å². The molecule has 224 valence electrons. The van der Waals surface area contributed by atoms with Crippen molar-refractivity contribution in [2.24, 2.45) is 0 Å². The number of amides is 2. The van der Waals surface area contributed by atoms with Crippen LogP contribution < -0.4 is 10.0 Å². The fourth-order valence-electron chi connectivity index (χ4n) is 5.15. The van der Waals surface area contributed by atoms with E-state index in [0.717, 1.165) is 5.56 Å². The molecule has 12 heteroatoms. The van der Waals surface area contributed by atoms with Crippen LogP contribution in [-0.4, -0.2) is 42.9 Å². The zero-order chi connectivity index (χ0) is 31.2. The first-order valence-electron chi connectivity index (χ1n) is 13.7. The van der Waals surface area contributed by atoms with Gasteiger partial charge in [-0.05, 0) is 61.0 Å². The minimum atomic E-state index is -3.76. The SMILES string of the molecule is CCS(=O)(=O)Nc1cc2oc(-c3ccc(F)cc3)c(C(=O)NC)c2cc1-c1ccc2c(n1)C(=O)N(Cc1ccc(F)cc1)C2. The number of nitrogens with one attached hydrogen (secondary N) is 2. The Balaban J connectivity index is 1.48. The van der Waals surface area contributed by atoms with Crippen molar-refractivity contribution in [1.29, 1.82) is 0 Å². The number of carbonyl (C=O) groups excluding carboxylic acids is 2. The van der Waals surface area contributed by atoms with E-state index in [9.17, 15) is 26.8 Å². The number of aromatic nitrogens is 1. The van der Waals surface area contributed by atoms with Gasteiger partial charge in [0.1, 0.15) is 28.7 Å². The number of anilines is 1. The minimum absolute atomic E-state index is 0.142. The van der Waals surface area contributed by atoms with Gasteiger partial charge in [0, 0.05) is 48.3 Å². The van der Waals surface area contributed by atoms with Crippen molar-refractivity contribution >= 4 is 38.5 Å². The molecular formula is C32H26F2N4O5S. The molecule has 0 saturated heterocycles. The minimum Gasteiger partial charge on any atom is -0.455 e. The monoisotopic (exact) mass is 616 g/mol. The molecule has 0 spiro atoms. The first kappa shape index (κ1) is 29.0. The summed E-state index contributed by atoms with van der Waals surface area (Å²) in [6.07, 6.45) is 0. The first-order valence-corrected chi connectivity index (χ1v) is 15.3. The zero-order valence-electron chi connectivity index (χ0n) is 23.6. The van der Waals surface area contributed by atoms with Gasteiger partial charge in [-0.15, -0.1) is 0 Å². The Kier molecular flexibility index (Phi) is 7.38. The second-order valence-electron chi connectivity index (χ2n) is 10.3. The summed E-state index contributed by atoms with van der Waals surface area (Å²) in [7, 11) is -2.30. The van der Waals surface area contributed by atoms with Crippen LogP contribution in [0.1, 0.15) is 38.9 Å². The van der Waals surface area contributed by atoms with Crippen LogP contribution in [0, 0.1) is 11.6 Å². The maximum Gasteiger partial charge on any atom is 0.273 e. The maximum atomic E-state index is 13.7. The van der Waals surface area contributed by atoms with E-state index in [0.29, 0.717) is 34.3 Å². The molecule has 2 N–H and O–H groups in total. The Hall–Kier alpha value is -5.10. The molecule has 3 heterocycles. The topological polar surface area (TPSA) is 122 Å². The third-order valence-electron chi connectivity index (χ3n) is 7.43. The van der Waals surface area contributed by atoms with Crippen molar-refractivity contribution < 1.29 is 31.2 Å². The lowest BCUT2D eigenvalue weighted by Gasteiger charge is -2.15. The predicted octanol–water partition coefficient (Wildman–Crippen LogP) is 5.72. The van der Waals surface area contributed by atoms with Gasteiger partial charge in [0.05, 0.1) is 22.7 Å². The van der Waals surface area contributed by atoms with Gasteiger partial charge < -0.3 is 14.6 Å². The normalized spacial score (nSPS) is 12.9. The number of benzene rings is 3. The summed E-state index contributed by atoms with van der Waals surface area (Å²) in [5, 5.41) is 2.96. The number of pyridine rings is 1. The van der Waals surface area contributed by atoms with Crippen LogP contribution in [0.2, 0.25) is 0 Å². The van der Waals surface area contributed by atoms with Crippen LogP contribution in [0.4, 0.5) is 14.5 Å². The number of carbonyl (C=O) groups is 2. The molecule has 0 fully saturated rings. The van der Waals surface area contributed by atoms with E-state index in [-0.39, 0.29) is 52.3 Å². The maximum absolute atomic E-state index is 13.7. The van der Waals surface area contributed by atoms with E-state index >= 15 is 0 Å². The van der Waals surface area contributed by atoms with Gasteiger partial charge in [0.2, 0.25) is 10.0 Å². The summed E-state index contributed by atoms with van der Waals surface area (Å²) in [5.41, 5.74) is 3.23. The molecule has 1 aliphatic heterocycles. The van der Waals surface area contributed by atoms with E-state index in [1.807, 2.05) is 0 Å². The summed E-state index contributed by atoms with van der Waals surface area (Å²) < 4.78 is 61.1. The number of fused-ring (bicyclic) bond motifs is 2. The Labute approximate surface area is 251 Å². The molecule has 0 radical (unpaired) electrons. The molecule has 2 aromatic heterocycles. The van der Waals surface area contributed by atoms with Crippen LogP contribution in [0.15, 0.2) is 77.2 Å². The third kappa shape index (κ3) is 5.39. The second-order valence-corrected chi connectivity index (χ2v) is 12.3. The van der Waals surface area contributed by atoms with Crippen LogP contribution in [0.5, 0.6) is 0 Å². The molecule has 0 bridgehead atoms. The van der Waals surface area contributed by atoms with Crippen molar-refractivity contribution in [3.8, 4) is 22.6 Å². The number of hydrogen-bond donors (Lipinski definition) is 2. The van der Waals surface area contributed by atoms with Crippen LogP contribution >= 0.6 is 0 Å². The second kappa shape index (κ2) is 11.2. The highest BCUT2D eigenvalue weighted by Gasteiger charge is 2.30. The molecule has 44 heavy (non-hydrogen) atoms. The third-order valence-corrected chi connectivity index (χ3v) is 8.72. The fraction of sp³-hybridized carbons (Fsp3) is 0.156. The number of nitrogens with zero attached hydrogens (tertiary/aromatic N) is 2. The lowest BCUT2D eigenvalue weighted by molar-refractivity contribution is 0.0762. The van der Waals surface area contributed by atoms with E-state index in [4.69, 9.17) is 4.42 Å². The lowest BCUT2D eigenvalue weighted by Crippen LogP contribution is -2.23. The molecular weight excluding hydrogens is 590 g/mol. The molecule has 9 nitrogen and oxygen atoms in total. The van der Waals surface area contributed by atoms with E-state index in [1.54, 1.807) is 35.2 Å². The largest absolute Gasteiger partial charge is 0.455 e. The molecule has 0 atom stereocenters.